The van der Waals surface area contributed by atoms with Gasteiger partial charge in [0.1, 0.15) is 5.82 Å². The SMILES string of the molecule is Cc1nn(C)c(C)c1CNc1cc(C(N)=O)ccc1F. The quantitative estimate of drug-likeness (QED) is 0.895. The third-order valence-corrected chi connectivity index (χ3v) is 3.37. The summed E-state index contributed by atoms with van der Waals surface area (Å²) in [5.41, 5.74) is 8.63. The van der Waals surface area contributed by atoms with E-state index in [0.717, 1.165) is 17.0 Å². The minimum atomic E-state index is -0.582. The number of aryl methyl sites for hydroxylation is 2. The Morgan fingerprint density at radius 1 is 1.45 bits per heavy atom. The maximum atomic E-state index is 13.7. The highest BCUT2D eigenvalue weighted by Gasteiger charge is 2.11. The third-order valence-electron chi connectivity index (χ3n) is 3.37. The van der Waals surface area contributed by atoms with Crippen molar-refractivity contribution in [2.75, 3.05) is 5.32 Å². The number of carbonyl (C=O) groups excluding carboxylic acids is 1. The second-order valence-electron chi connectivity index (χ2n) is 4.69. The highest BCUT2D eigenvalue weighted by atomic mass is 19.1. The molecule has 0 radical (unpaired) electrons. The zero-order chi connectivity index (χ0) is 14.9. The Bertz CT molecular complexity index is 663. The minimum absolute atomic E-state index is 0.254. The van der Waals surface area contributed by atoms with Gasteiger partial charge in [-0.1, -0.05) is 0 Å². The van der Waals surface area contributed by atoms with E-state index in [1.807, 2.05) is 20.9 Å². The van der Waals surface area contributed by atoms with E-state index in [1.54, 1.807) is 4.68 Å². The van der Waals surface area contributed by atoms with Crippen LogP contribution in [0.15, 0.2) is 18.2 Å². The van der Waals surface area contributed by atoms with Gasteiger partial charge in [-0.15, -0.1) is 0 Å². The highest BCUT2D eigenvalue weighted by molar-refractivity contribution is 5.93. The maximum absolute atomic E-state index is 13.7. The lowest BCUT2D eigenvalue weighted by Crippen LogP contribution is -2.12. The Balaban J connectivity index is 2.22. The van der Waals surface area contributed by atoms with E-state index in [4.69, 9.17) is 5.73 Å². The van der Waals surface area contributed by atoms with Gasteiger partial charge < -0.3 is 11.1 Å². The molecule has 2 aromatic rings. The molecule has 1 heterocycles. The van der Waals surface area contributed by atoms with Crippen molar-refractivity contribution in [1.29, 1.82) is 0 Å². The number of anilines is 1. The van der Waals surface area contributed by atoms with Crippen LogP contribution in [-0.4, -0.2) is 15.7 Å². The van der Waals surface area contributed by atoms with Gasteiger partial charge in [-0.25, -0.2) is 4.39 Å². The topological polar surface area (TPSA) is 72.9 Å². The van der Waals surface area contributed by atoms with Gasteiger partial charge >= 0.3 is 0 Å². The molecule has 0 spiro atoms. The molecule has 5 nitrogen and oxygen atoms in total. The Morgan fingerprint density at radius 2 is 2.15 bits per heavy atom. The average Bonchev–Trinajstić information content (AvgIpc) is 2.63. The van der Waals surface area contributed by atoms with Crippen molar-refractivity contribution in [1.82, 2.24) is 9.78 Å². The van der Waals surface area contributed by atoms with Crippen LogP contribution in [0, 0.1) is 19.7 Å². The van der Waals surface area contributed by atoms with Crippen molar-refractivity contribution in [3.8, 4) is 0 Å². The number of nitrogens with zero attached hydrogens (tertiary/aromatic N) is 2. The van der Waals surface area contributed by atoms with E-state index >= 15 is 0 Å². The van der Waals surface area contributed by atoms with Crippen LogP contribution in [0.25, 0.3) is 0 Å². The molecule has 0 saturated carbocycles. The molecule has 6 heteroatoms. The minimum Gasteiger partial charge on any atom is -0.378 e. The fourth-order valence-electron chi connectivity index (χ4n) is 2.07. The largest absolute Gasteiger partial charge is 0.378 e. The Labute approximate surface area is 116 Å². The number of carbonyl (C=O) groups is 1. The predicted molar refractivity (Wildman–Crippen MR) is 74.9 cm³/mol. The van der Waals surface area contributed by atoms with Crippen LogP contribution < -0.4 is 11.1 Å². The maximum Gasteiger partial charge on any atom is 0.248 e. The van der Waals surface area contributed by atoms with Gasteiger partial charge in [0, 0.05) is 30.4 Å². The molecule has 1 aromatic heterocycles. The van der Waals surface area contributed by atoms with Crippen molar-refractivity contribution in [2.45, 2.75) is 20.4 Å². The number of rotatable bonds is 4. The van der Waals surface area contributed by atoms with Crippen molar-refractivity contribution in [3.63, 3.8) is 0 Å². The van der Waals surface area contributed by atoms with E-state index < -0.39 is 11.7 Å². The molecule has 0 atom stereocenters. The lowest BCUT2D eigenvalue weighted by Gasteiger charge is -2.09. The number of amides is 1. The average molecular weight is 276 g/mol. The van der Waals surface area contributed by atoms with E-state index in [9.17, 15) is 9.18 Å². The van der Waals surface area contributed by atoms with Gasteiger partial charge in [0.2, 0.25) is 5.91 Å². The molecular formula is C14H17FN4O. The van der Waals surface area contributed by atoms with Crippen molar-refractivity contribution in [2.24, 2.45) is 12.8 Å². The molecule has 1 amide bonds. The van der Waals surface area contributed by atoms with Gasteiger partial charge in [-0.3, -0.25) is 9.48 Å². The monoisotopic (exact) mass is 276 g/mol. The number of nitrogens with one attached hydrogen (secondary N) is 1. The zero-order valence-corrected chi connectivity index (χ0v) is 11.7. The van der Waals surface area contributed by atoms with Gasteiger partial charge in [0.15, 0.2) is 0 Å². The molecule has 0 aliphatic carbocycles. The number of hydrogen-bond donors (Lipinski definition) is 2. The Morgan fingerprint density at radius 3 is 2.70 bits per heavy atom. The van der Waals surface area contributed by atoms with Crippen LogP contribution in [0.2, 0.25) is 0 Å². The van der Waals surface area contributed by atoms with Gasteiger partial charge in [0.25, 0.3) is 0 Å². The van der Waals surface area contributed by atoms with E-state index in [2.05, 4.69) is 10.4 Å². The molecule has 1 aromatic carbocycles. The number of halogens is 1. The summed E-state index contributed by atoms with van der Waals surface area (Å²) in [5.74, 6) is -1.00. The number of aromatic nitrogens is 2. The smallest absolute Gasteiger partial charge is 0.248 e. The van der Waals surface area contributed by atoms with Crippen LogP contribution in [0.1, 0.15) is 27.3 Å². The molecule has 0 bridgehead atoms. The summed E-state index contributed by atoms with van der Waals surface area (Å²) < 4.78 is 15.5. The standard InChI is InChI=1S/C14H17FN4O/c1-8-11(9(2)19(3)18-8)7-17-13-6-10(14(16)20)4-5-12(13)15/h4-6,17H,7H2,1-3H3,(H2,16,20). The first kappa shape index (κ1) is 14.0. The summed E-state index contributed by atoms with van der Waals surface area (Å²) in [5, 5.41) is 7.28. The fourth-order valence-corrected chi connectivity index (χ4v) is 2.07. The second kappa shape index (κ2) is 5.32. The summed E-state index contributed by atoms with van der Waals surface area (Å²) in [6.07, 6.45) is 0. The molecule has 106 valence electrons. The van der Waals surface area contributed by atoms with Crippen LogP contribution in [0.4, 0.5) is 10.1 Å². The molecule has 0 unspecified atom stereocenters. The molecule has 20 heavy (non-hydrogen) atoms. The van der Waals surface area contributed by atoms with Crippen molar-refractivity contribution >= 4 is 11.6 Å². The summed E-state index contributed by atoms with van der Waals surface area (Å²) in [6, 6.07) is 4.01. The van der Waals surface area contributed by atoms with Crippen LogP contribution in [-0.2, 0) is 13.6 Å². The number of nitrogens with two attached hydrogens (primary N) is 1. The molecule has 0 saturated heterocycles. The van der Waals surface area contributed by atoms with E-state index in [1.165, 1.54) is 18.2 Å². The zero-order valence-electron chi connectivity index (χ0n) is 11.7. The first-order valence-corrected chi connectivity index (χ1v) is 6.22. The summed E-state index contributed by atoms with van der Waals surface area (Å²) in [4.78, 5) is 11.1. The molecule has 0 fully saturated rings. The summed E-state index contributed by atoms with van der Waals surface area (Å²) in [6.45, 7) is 4.29. The molecule has 0 aliphatic heterocycles. The van der Waals surface area contributed by atoms with E-state index in [0.29, 0.717) is 6.54 Å². The first-order chi connectivity index (χ1) is 9.40. The Kier molecular flexibility index (Phi) is 3.74. The van der Waals surface area contributed by atoms with Gasteiger partial charge in [-0.05, 0) is 32.0 Å². The third kappa shape index (κ3) is 2.64. The van der Waals surface area contributed by atoms with Crippen molar-refractivity contribution < 1.29 is 9.18 Å². The first-order valence-electron chi connectivity index (χ1n) is 6.22. The Hall–Kier alpha value is -2.37. The van der Waals surface area contributed by atoms with Crippen molar-refractivity contribution in [3.05, 3.63) is 46.5 Å². The van der Waals surface area contributed by atoms with Gasteiger partial charge in [0.05, 0.1) is 11.4 Å². The number of hydrogen-bond acceptors (Lipinski definition) is 3. The number of benzene rings is 1. The summed E-state index contributed by atoms with van der Waals surface area (Å²) in [7, 11) is 1.86. The number of primary amides is 1. The van der Waals surface area contributed by atoms with E-state index in [-0.39, 0.29) is 11.3 Å². The van der Waals surface area contributed by atoms with Crippen LogP contribution >= 0.6 is 0 Å². The normalized spacial score (nSPS) is 10.6. The highest BCUT2D eigenvalue weighted by Crippen LogP contribution is 2.19. The second-order valence-corrected chi connectivity index (χ2v) is 4.69. The lowest BCUT2D eigenvalue weighted by molar-refractivity contribution is 0.100. The molecular weight excluding hydrogens is 259 g/mol. The lowest BCUT2D eigenvalue weighted by atomic mass is 10.1. The van der Waals surface area contributed by atoms with Crippen LogP contribution in [0.3, 0.4) is 0 Å². The predicted octanol–water partition coefficient (Wildman–Crippen LogP) is 1.89. The molecule has 0 aliphatic rings. The van der Waals surface area contributed by atoms with Crippen LogP contribution in [0.5, 0.6) is 0 Å². The fraction of sp³-hybridized carbons (Fsp3) is 0.286. The summed E-state index contributed by atoms with van der Waals surface area (Å²) >= 11 is 0. The molecule has 3 N–H and O–H groups in total. The molecule has 2 rings (SSSR count). The van der Waals surface area contributed by atoms with Gasteiger partial charge in [-0.2, -0.15) is 5.10 Å².